The van der Waals surface area contributed by atoms with Crippen LogP contribution in [-0.4, -0.2) is 25.3 Å². The summed E-state index contributed by atoms with van der Waals surface area (Å²) in [6.45, 7) is 10.0. The van der Waals surface area contributed by atoms with Gasteiger partial charge in [0.05, 0.1) is 10.3 Å². The highest BCUT2D eigenvalue weighted by Crippen LogP contribution is 2.28. The normalized spacial score (nSPS) is 11.1. The van der Waals surface area contributed by atoms with Gasteiger partial charge in [0, 0.05) is 32.2 Å². The van der Waals surface area contributed by atoms with Crippen molar-refractivity contribution in [3.8, 4) is 0 Å². The van der Waals surface area contributed by atoms with E-state index in [0.29, 0.717) is 35.2 Å². The number of allylic oxidation sites excluding steroid dienone is 3. The van der Waals surface area contributed by atoms with Crippen LogP contribution in [-0.2, 0) is 20.0 Å². The van der Waals surface area contributed by atoms with Gasteiger partial charge < -0.3 is 9.88 Å². The molecule has 0 unspecified atom stereocenters. The van der Waals surface area contributed by atoms with Crippen LogP contribution in [0.1, 0.15) is 28.5 Å². The van der Waals surface area contributed by atoms with Gasteiger partial charge in [-0.1, -0.05) is 43.1 Å². The number of hydrogen-bond acceptors (Lipinski definition) is 6. The Bertz CT molecular complexity index is 1090. The lowest BCUT2D eigenvalue weighted by molar-refractivity contribution is 0.104. The zero-order chi connectivity index (χ0) is 20.8. The Kier molecular flexibility index (Phi) is 6.61. The zero-order valence-corrected chi connectivity index (χ0v) is 17.4. The molecular formula is C22H23N5OS. The van der Waals surface area contributed by atoms with Gasteiger partial charge in [0.2, 0.25) is 11.7 Å². The number of rotatable bonds is 9. The number of anilines is 1. The Morgan fingerprint density at radius 2 is 2.21 bits per heavy atom. The second-order valence-electron chi connectivity index (χ2n) is 6.38. The molecular weight excluding hydrogens is 382 g/mol. The van der Waals surface area contributed by atoms with Crippen molar-refractivity contribution in [2.45, 2.75) is 19.9 Å². The number of Topliss-reactive ketones (excluding diaryl/α,β-unsaturated/α-hetero) is 1. The van der Waals surface area contributed by atoms with Crippen molar-refractivity contribution < 1.29 is 4.79 Å². The van der Waals surface area contributed by atoms with Gasteiger partial charge in [0.15, 0.2) is 0 Å². The molecule has 29 heavy (non-hydrogen) atoms. The van der Waals surface area contributed by atoms with Gasteiger partial charge in [0.25, 0.3) is 0 Å². The maximum absolute atomic E-state index is 13.1. The Morgan fingerprint density at radius 3 is 2.90 bits per heavy atom. The van der Waals surface area contributed by atoms with Crippen molar-refractivity contribution in [3.63, 3.8) is 0 Å². The van der Waals surface area contributed by atoms with Crippen LogP contribution in [0.25, 0.3) is 11.0 Å². The standard InChI is InChI=1S/C22H23N5OS/c1-5-7-10-17-14-27(4)21-18(17)19(20(28)15(3)29-6-2)25-22(26-21)24-13-16-9-8-11-23-12-16/h5-9,11-12,14H,2-3,10,13H2,1,4H3,(H,24,25,26)/b7-5-. The number of carbonyl (C=O) groups excluding carboxylic acids is 1. The van der Waals surface area contributed by atoms with E-state index in [1.165, 1.54) is 11.8 Å². The van der Waals surface area contributed by atoms with E-state index in [9.17, 15) is 4.79 Å². The van der Waals surface area contributed by atoms with E-state index in [0.717, 1.165) is 16.5 Å². The summed E-state index contributed by atoms with van der Waals surface area (Å²) in [5, 5.41) is 5.55. The van der Waals surface area contributed by atoms with Crippen LogP contribution in [0.4, 0.5) is 5.95 Å². The molecule has 1 N–H and O–H groups in total. The number of nitrogens with zero attached hydrogens (tertiary/aromatic N) is 4. The number of aryl methyl sites for hydroxylation is 1. The van der Waals surface area contributed by atoms with Crippen LogP contribution in [0, 0.1) is 0 Å². The van der Waals surface area contributed by atoms with Crippen molar-refractivity contribution in [1.82, 2.24) is 19.5 Å². The first kappa shape index (κ1) is 20.5. The molecule has 0 atom stereocenters. The molecule has 6 nitrogen and oxygen atoms in total. The van der Waals surface area contributed by atoms with Gasteiger partial charge >= 0.3 is 0 Å². The summed E-state index contributed by atoms with van der Waals surface area (Å²) in [6.07, 6.45) is 10.2. The lowest BCUT2D eigenvalue weighted by Gasteiger charge is -2.10. The highest BCUT2D eigenvalue weighted by molar-refractivity contribution is 8.06. The van der Waals surface area contributed by atoms with Gasteiger partial charge in [-0.15, -0.1) is 0 Å². The first-order chi connectivity index (χ1) is 14.0. The molecule has 0 spiro atoms. The number of ketones is 1. The first-order valence-corrected chi connectivity index (χ1v) is 10.0. The lowest BCUT2D eigenvalue weighted by Crippen LogP contribution is -2.11. The SMILES string of the molecule is C=CSC(=C)C(=O)c1nc(NCc2cccnc2)nc2c1c(C/C=C\C)cn2C. The summed E-state index contributed by atoms with van der Waals surface area (Å²) in [5.74, 6) is 0.166. The molecule has 3 aromatic heterocycles. The molecule has 0 amide bonds. The third-order valence-corrected chi connectivity index (χ3v) is 4.97. The largest absolute Gasteiger partial charge is 0.350 e. The first-order valence-electron chi connectivity index (χ1n) is 9.16. The minimum Gasteiger partial charge on any atom is -0.350 e. The predicted octanol–water partition coefficient (Wildman–Crippen LogP) is 4.67. The van der Waals surface area contributed by atoms with Gasteiger partial charge in [-0.05, 0) is 35.9 Å². The van der Waals surface area contributed by atoms with E-state index in [2.05, 4.69) is 33.4 Å². The number of hydrogen-bond donors (Lipinski definition) is 1. The zero-order valence-electron chi connectivity index (χ0n) is 16.6. The molecule has 3 rings (SSSR count). The maximum atomic E-state index is 13.1. The van der Waals surface area contributed by atoms with Crippen LogP contribution in [0.2, 0.25) is 0 Å². The van der Waals surface area contributed by atoms with Crippen molar-refractivity contribution in [2.24, 2.45) is 7.05 Å². The second-order valence-corrected chi connectivity index (χ2v) is 7.45. The minimum absolute atomic E-state index is 0.223. The van der Waals surface area contributed by atoms with Gasteiger partial charge in [-0.3, -0.25) is 9.78 Å². The van der Waals surface area contributed by atoms with E-state index < -0.39 is 0 Å². The molecule has 0 aliphatic rings. The predicted molar refractivity (Wildman–Crippen MR) is 120 cm³/mol. The fraction of sp³-hybridized carbons (Fsp3) is 0.182. The summed E-state index contributed by atoms with van der Waals surface area (Å²) >= 11 is 1.20. The minimum atomic E-state index is -0.223. The Balaban J connectivity index is 2.07. The van der Waals surface area contributed by atoms with Gasteiger partial charge in [-0.2, -0.15) is 4.98 Å². The molecule has 3 aromatic rings. The lowest BCUT2D eigenvalue weighted by atomic mass is 10.1. The molecule has 0 saturated heterocycles. The average Bonchev–Trinajstić information content (AvgIpc) is 3.06. The van der Waals surface area contributed by atoms with Crippen LogP contribution in [0.15, 0.2) is 66.3 Å². The van der Waals surface area contributed by atoms with Crippen molar-refractivity contribution in [1.29, 1.82) is 0 Å². The van der Waals surface area contributed by atoms with Crippen molar-refractivity contribution in [3.05, 3.63) is 83.2 Å². The summed E-state index contributed by atoms with van der Waals surface area (Å²) in [7, 11) is 1.92. The molecule has 0 aliphatic heterocycles. The van der Waals surface area contributed by atoms with Gasteiger partial charge in [-0.25, -0.2) is 4.98 Å². The van der Waals surface area contributed by atoms with Crippen LogP contribution >= 0.6 is 11.8 Å². The Labute approximate surface area is 174 Å². The molecule has 0 aliphatic carbocycles. The topological polar surface area (TPSA) is 72.7 Å². The quantitative estimate of drug-likeness (QED) is 0.317. The molecule has 0 fully saturated rings. The third-order valence-electron chi connectivity index (χ3n) is 4.34. The number of pyridine rings is 1. The Morgan fingerprint density at radius 1 is 1.38 bits per heavy atom. The van der Waals surface area contributed by atoms with E-state index in [1.807, 2.05) is 49.0 Å². The van der Waals surface area contributed by atoms with Crippen molar-refractivity contribution in [2.75, 3.05) is 5.32 Å². The fourth-order valence-corrected chi connectivity index (χ4v) is 3.38. The summed E-state index contributed by atoms with van der Waals surface area (Å²) < 4.78 is 1.92. The highest BCUT2D eigenvalue weighted by Gasteiger charge is 2.22. The number of thioether (sulfide) groups is 1. The summed E-state index contributed by atoms with van der Waals surface area (Å²) in [4.78, 5) is 26.8. The summed E-state index contributed by atoms with van der Waals surface area (Å²) in [6, 6.07) is 3.84. The number of nitrogens with one attached hydrogen (secondary N) is 1. The fourth-order valence-electron chi connectivity index (χ4n) is 2.97. The highest BCUT2D eigenvalue weighted by atomic mass is 32.2. The van der Waals surface area contributed by atoms with Crippen LogP contribution in [0.3, 0.4) is 0 Å². The molecule has 7 heteroatoms. The number of aromatic nitrogens is 4. The van der Waals surface area contributed by atoms with Crippen LogP contribution in [0.5, 0.6) is 0 Å². The Hall–Kier alpha value is -3.19. The molecule has 0 aromatic carbocycles. The molecule has 0 radical (unpaired) electrons. The third kappa shape index (κ3) is 4.63. The maximum Gasteiger partial charge on any atom is 0.225 e. The smallest absolute Gasteiger partial charge is 0.225 e. The molecule has 3 heterocycles. The van der Waals surface area contributed by atoms with E-state index in [1.54, 1.807) is 17.8 Å². The van der Waals surface area contributed by atoms with Gasteiger partial charge in [0.1, 0.15) is 11.3 Å². The van der Waals surface area contributed by atoms with E-state index in [-0.39, 0.29) is 5.78 Å². The second kappa shape index (κ2) is 9.34. The number of fused-ring (bicyclic) bond motifs is 1. The van der Waals surface area contributed by atoms with E-state index >= 15 is 0 Å². The number of carbonyl (C=O) groups is 1. The van der Waals surface area contributed by atoms with Crippen LogP contribution < -0.4 is 5.32 Å². The van der Waals surface area contributed by atoms with E-state index in [4.69, 9.17) is 0 Å². The monoisotopic (exact) mass is 405 g/mol. The molecule has 0 bridgehead atoms. The van der Waals surface area contributed by atoms with Crippen molar-refractivity contribution >= 4 is 34.5 Å². The molecule has 148 valence electrons. The average molecular weight is 406 g/mol. The molecule has 0 saturated carbocycles. The summed E-state index contributed by atoms with van der Waals surface area (Å²) in [5.41, 5.74) is 3.05.